The summed E-state index contributed by atoms with van der Waals surface area (Å²) < 4.78 is 6.86. The monoisotopic (exact) mass is 352 g/mol. The van der Waals surface area contributed by atoms with E-state index in [1.165, 1.54) is 6.08 Å². The van der Waals surface area contributed by atoms with Gasteiger partial charge < -0.3 is 10.1 Å². The average Bonchev–Trinajstić information content (AvgIpc) is 3.02. The van der Waals surface area contributed by atoms with Gasteiger partial charge in [0.05, 0.1) is 22.5 Å². The molecule has 0 spiro atoms. The SMILES string of the molecule is CC(C)COc1ccccc1NC(=O)/C=C/c1nc2ccccc2s1. The molecule has 0 aliphatic carbocycles. The molecule has 1 heterocycles. The smallest absolute Gasteiger partial charge is 0.248 e. The molecule has 0 saturated carbocycles. The minimum absolute atomic E-state index is 0.208. The van der Waals surface area contributed by atoms with Gasteiger partial charge in [-0.1, -0.05) is 38.1 Å². The Hall–Kier alpha value is -2.66. The molecule has 1 N–H and O–H groups in total. The summed E-state index contributed by atoms with van der Waals surface area (Å²) in [7, 11) is 0. The van der Waals surface area contributed by atoms with Crippen molar-refractivity contribution in [2.75, 3.05) is 11.9 Å². The Morgan fingerprint density at radius 3 is 2.76 bits per heavy atom. The zero-order chi connectivity index (χ0) is 17.6. The average molecular weight is 352 g/mol. The summed E-state index contributed by atoms with van der Waals surface area (Å²) in [6, 6.07) is 15.4. The third kappa shape index (κ3) is 4.67. The zero-order valence-corrected chi connectivity index (χ0v) is 15.0. The van der Waals surface area contributed by atoms with Crippen LogP contribution < -0.4 is 10.1 Å². The molecule has 0 fully saturated rings. The van der Waals surface area contributed by atoms with Crippen molar-refractivity contribution in [1.82, 2.24) is 4.98 Å². The molecular weight excluding hydrogens is 332 g/mol. The number of carbonyl (C=O) groups is 1. The van der Waals surface area contributed by atoms with Gasteiger partial charge in [0.15, 0.2) is 0 Å². The van der Waals surface area contributed by atoms with Crippen LogP contribution in [0.15, 0.2) is 54.6 Å². The summed E-state index contributed by atoms with van der Waals surface area (Å²) in [5.74, 6) is 0.889. The molecule has 0 saturated heterocycles. The third-order valence-electron chi connectivity index (χ3n) is 3.40. The standard InChI is InChI=1S/C20H20N2O2S/c1-14(2)13-24-17-9-5-3-7-15(17)21-19(23)11-12-20-22-16-8-4-6-10-18(16)25-20/h3-12,14H,13H2,1-2H3,(H,21,23)/b12-11+. The fraction of sp³-hybridized carbons (Fsp3) is 0.200. The normalized spacial score (nSPS) is 11.3. The largest absolute Gasteiger partial charge is 0.491 e. The van der Waals surface area contributed by atoms with Crippen molar-refractivity contribution in [3.05, 3.63) is 59.6 Å². The first-order valence-corrected chi connectivity index (χ1v) is 9.00. The van der Waals surface area contributed by atoms with Gasteiger partial charge in [0.25, 0.3) is 0 Å². The van der Waals surface area contributed by atoms with Crippen LogP contribution in [0.1, 0.15) is 18.9 Å². The Kier molecular flexibility index (Phi) is 5.46. The van der Waals surface area contributed by atoms with Crippen molar-refractivity contribution in [2.24, 2.45) is 5.92 Å². The van der Waals surface area contributed by atoms with Gasteiger partial charge in [0.2, 0.25) is 5.91 Å². The Labute approximate surface area is 151 Å². The fourth-order valence-electron chi connectivity index (χ4n) is 2.23. The minimum atomic E-state index is -0.208. The summed E-state index contributed by atoms with van der Waals surface area (Å²) in [5.41, 5.74) is 1.61. The van der Waals surface area contributed by atoms with E-state index < -0.39 is 0 Å². The number of aromatic nitrogens is 1. The molecule has 0 unspecified atom stereocenters. The van der Waals surface area contributed by atoms with Gasteiger partial charge in [-0.05, 0) is 36.3 Å². The van der Waals surface area contributed by atoms with Crippen molar-refractivity contribution in [3.63, 3.8) is 0 Å². The van der Waals surface area contributed by atoms with E-state index in [1.54, 1.807) is 17.4 Å². The maximum absolute atomic E-state index is 12.2. The lowest BCUT2D eigenvalue weighted by Crippen LogP contribution is -2.11. The van der Waals surface area contributed by atoms with E-state index in [0.717, 1.165) is 15.2 Å². The number of rotatable bonds is 6. The zero-order valence-electron chi connectivity index (χ0n) is 14.2. The lowest BCUT2D eigenvalue weighted by molar-refractivity contribution is -0.111. The number of para-hydroxylation sites is 3. The molecule has 25 heavy (non-hydrogen) atoms. The number of nitrogens with zero attached hydrogens (tertiary/aromatic N) is 1. The number of ether oxygens (including phenoxy) is 1. The second-order valence-electron chi connectivity index (χ2n) is 6.04. The van der Waals surface area contributed by atoms with E-state index in [9.17, 15) is 4.79 Å². The molecule has 4 nitrogen and oxygen atoms in total. The summed E-state index contributed by atoms with van der Waals surface area (Å²) in [6.45, 7) is 4.78. The van der Waals surface area contributed by atoms with Gasteiger partial charge in [0.1, 0.15) is 10.8 Å². The van der Waals surface area contributed by atoms with E-state index in [4.69, 9.17) is 4.74 Å². The van der Waals surface area contributed by atoms with Gasteiger partial charge in [-0.25, -0.2) is 4.98 Å². The number of fused-ring (bicyclic) bond motifs is 1. The Morgan fingerprint density at radius 2 is 1.96 bits per heavy atom. The van der Waals surface area contributed by atoms with Crippen molar-refractivity contribution in [2.45, 2.75) is 13.8 Å². The Bertz CT molecular complexity index is 866. The first-order chi connectivity index (χ1) is 12.1. The van der Waals surface area contributed by atoms with Crippen molar-refractivity contribution >= 4 is 39.2 Å². The summed E-state index contributed by atoms with van der Waals surface area (Å²) >= 11 is 1.56. The van der Waals surface area contributed by atoms with Crippen LogP contribution in [0, 0.1) is 5.92 Å². The van der Waals surface area contributed by atoms with Crippen LogP contribution in [0.25, 0.3) is 16.3 Å². The van der Waals surface area contributed by atoms with E-state index in [1.807, 2.05) is 48.5 Å². The van der Waals surface area contributed by atoms with Gasteiger partial charge in [-0.3, -0.25) is 4.79 Å². The Morgan fingerprint density at radius 1 is 1.20 bits per heavy atom. The summed E-state index contributed by atoms with van der Waals surface area (Å²) in [5, 5.41) is 3.67. The van der Waals surface area contributed by atoms with E-state index in [-0.39, 0.29) is 5.91 Å². The highest BCUT2D eigenvalue weighted by Gasteiger charge is 2.07. The van der Waals surface area contributed by atoms with Crippen LogP contribution in [0.5, 0.6) is 5.75 Å². The molecule has 1 aromatic heterocycles. The molecule has 0 radical (unpaired) electrons. The number of anilines is 1. The van der Waals surface area contributed by atoms with Crippen LogP contribution in [0.2, 0.25) is 0 Å². The van der Waals surface area contributed by atoms with Gasteiger partial charge in [-0.2, -0.15) is 0 Å². The molecule has 2 aromatic carbocycles. The number of nitrogens with one attached hydrogen (secondary N) is 1. The lowest BCUT2D eigenvalue weighted by atomic mass is 10.2. The molecule has 5 heteroatoms. The Balaban J connectivity index is 1.68. The second-order valence-corrected chi connectivity index (χ2v) is 7.11. The molecule has 3 rings (SSSR count). The molecule has 1 amide bonds. The van der Waals surface area contributed by atoms with Crippen molar-refractivity contribution < 1.29 is 9.53 Å². The van der Waals surface area contributed by atoms with E-state index >= 15 is 0 Å². The van der Waals surface area contributed by atoms with Crippen LogP contribution >= 0.6 is 11.3 Å². The number of amides is 1. The maximum atomic E-state index is 12.2. The predicted molar refractivity (Wildman–Crippen MR) is 104 cm³/mol. The summed E-state index contributed by atoms with van der Waals surface area (Å²) in [6.07, 6.45) is 3.23. The highest BCUT2D eigenvalue weighted by Crippen LogP contribution is 2.25. The second kappa shape index (κ2) is 7.94. The first-order valence-electron chi connectivity index (χ1n) is 8.18. The molecule has 0 atom stereocenters. The quantitative estimate of drug-likeness (QED) is 0.636. The van der Waals surface area contributed by atoms with Crippen LogP contribution in [0.3, 0.4) is 0 Å². The number of benzene rings is 2. The fourth-order valence-corrected chi connectivity index (χ4v) is 3.11. The van der Waals surface area contributed by atoms with Crippen LogP contribution in [0.4, 0.5) is 5.69 Å². The molecule has 0 bridgehead atoms. The number of hydrogen-bond donors (Lipinski definition) is 1. The highest BCUT2D eigenvalue weighted by atomic mass is 32.1. The van der Waals surface area contributed by atoms with Crippen molar-refractivity contribution in [1.29, 1.82) is 0 Å². The van der Waals surface area contributed by atoms with E-state index in [0.29, 0.717) is 24.0 Å². The van der Waals surface area contributed by atoms with Crippen LogP contribution in [-0.2, 0) is 4.79 Å². The van der Waals surface area contributed by atoms with Gasteiger partial charge in [-0.15, -0.1) is 11.3 Å². The predicted octanol–water partition coefficient (Wildman–Crippen LogP) is 4.98. The topological polar surface area (TPSA) is 51.2 Å². The molecular formula is C20H20N2O2S. The first kappa shape index (κ1) is 17.2. The number of thiazole rings is 1. The minimum Gasteiger partial charge on any atom is -0.491 e. The van der Waals surface area contributed by atoms with E-state index in [2.05, 4.69) is 24.1 Å². The summed E-state index contributed by atoms with van der Waals surface area (Å²) in [4.78, 5) is 16.7. The number of hydrogen-bond acceptors (Lipinski definition) is 4. The van der Waals surface area contributed by atoms with Crippen LogP contribution in [-0.4, -0.2) is 17.5 Å². The third-order valence-corrected chi connectivity index (χ3v) is 4.41. The van der Waals surface area contributed by atoms with Crippen molar-refractivity contribution in [3.8, 4) is 5.75 Å². The number of carbonyl (C=O) groups excluding carboxylic acids is 1. The molecule has 128 valence electrons. The van der Waals surface area contributed by atoms with Gasteiger partial charge >= 0.3 is 0 Å². The maximum Gasteiger partial charge on any atom is 0.248 e. The molecule has 0 aliphatic rings. The lowest BCUT2D eigenvalue weighted by Gasteiger charge is -2.13. The highest BCUT2D eigenvalue weighted by molar-refractivity contribution is 7.19. The molecule has 3 aromatic rings. The van der Waals surface area contributed by atoms with Gasteiger partial charge in [0, 0.05) is 6.08 Å². The molecule has 0 aliphatic heterocycles.